The van der Waals surface area contributed by atoms with Gasteiger partial charge in [0.2, 0.25) is 0 Å². The van der Waals surface area contributed by atoms with Gasteiger partial charge in [0.05, 0.1) is 0 Å². The van der Waals surface area contributed by atoms with Crippen LogP contribution in [0.25, 0.3) is 0 Å². The maximum absolute atomic E-state index is 11.0. The SMILES string of the molecule is CC(C)CCN1CCOc2ccc([C@@](C)(O)COc3ccccc3)cc2C1. The normalized spacial score (nSPS) is 16.9. The monoisotopic (exact) mass is 369 g/mol. The molecule has 0 unspecified atom stereocenters. The molecule has 1 N–H and O–H groups in total. The Morgan fingerprint density at radius 1 is 1.19 bits per heavy atom. The summed E-state index contributed by atoms with van der Waals surface area (Å²) >= 11 is 0. The van der Waals surface area contributed by atoms with Crippen molar-refractivity contribution < 1.29 is 14.6 Å². The van der Waals surface area contributed by atoms with Gasteiger partial charge in [0.15, 0.2) is 0 Å². The lowest BCUT2D eigenvalue weighted by Gasteiger charge is -2.25. The van der Waals surface area contributed by atoms with Crippen LogP contribution in [0, 0.1) is 5.92 Å². The standard InChI is InChI=1S/C23H31NO3/c1-18(2)11-12-24-13-14-26-22-10-9-20(15-19(22)16-24)23(3,25)17-27-21-7-5-4-6-8-21/h4-10,15,18,25H,11-14,16-17H2,1-3H3/t23-/m0/s1. The molecule has 0 saturated carbocycles. The molecule has 0 radical (unpaired) electrons. The Balaban J connectivity index is 1.71. The van der Waals surface area contributed by atoms with Crippen LogP contribution < -0.4 is 9.47 Å². The fourth-order valence-electron chi connectivity index (χ4n) is 3.24. The summed E-state index contributed by atoms with van der Waals surface area (Å²) in [6.07, 6.45) is 1.18. The van der Waals surface area contributed by atoms with Gasteiger partial charge in [-0.05, 0) is 55.6 Å². The zero-order valence-corrected chi connectivity index (χ0v) is 16.6. The van der Waals surface area contributed by atoms with Crippen molar-refractivity contribution in [1.82, 2.24) is 4.90 Å². The second-order valence-electron chi connectivity index (χ2n) is 8.01. The first-order valence-corrected chi connectivity index (χ1v) is 9.83. The molecule has 1 aliphatic rings. The fourth-order valence-corrected chi connectivity index (χ4v) is 3.24. The highest BCUT2D eigenvalue weighted by atomic mass is 16.5. The van der Waals surface area contributed by atoms with Crippen molar-refractivity contribution in [3.63, 3.8) is 0 Å². The third kappa shape index (κ3) is 5.47. The third-order valence-corrected chi connectivity index (χ3v) is 5.03. The van der Waals surface area contributed by atoms with Crippen molar-refractivity contribution in [2.75, 3.05) is 26.3 Å². The number of benzene rings is 2. The highest BCUT2D eigenvalue weighted by Crippen LogP contribution is 2.30. The molecular formula is C23H31NO3. The van der Waals surface area contributed by atoms with Crippen molar-refractivity contribution in [2.45, 2.75) is 39.3 Å². The van der Waals surface area contributed by atoms with Gasteiger partial charge in [-0.1, -0.05) is 38.1 Å². The van der Waals surface area contributed by atoms with Crippen LogP contribution in [-0.4, -0.2) is 36.3 Å². The van der Waals surface area contributed by atoms with Crippen molar-refractivity contribution in [1.29, 1.82) is 0 Å². The highest BCUT2D eigenvalue weighted by molar-refractivity contribution is 5.40. The van der Waals surface area contributed by atoms with Crippen LogP contribution in [0.2, 0.25) is 0 Å². The number of hydrogen-bond acceptors (Lipinski definition) is 4. The van der Waals surface area contributed by atoms with Crippen LogP contribution in [0.4, 0.5) is 0 Å². The maximum atomic E-state index is 11.0. The van der Waals surface area contributed by atoms with E-state index in [1.54, 1.807) is 6.92 Å². The zero-order valence-electron chi connectivity index (χ0n) is 16.6. The molecule has 0 aliphatic carbocycles. The van der Waals surface area contributed by atoms with Crippen molar-refractivity contribution in [3.05, 3.63) is 59.7 Å². The van der Waals surface area contributed by atoms with Gasteiger partial charge in [-0.3, -0.25) is 4.90 Å². The molecule has 0 amide bonds. The van der Waals surface area contributed by atoms with Crippen LogP contribution in [0.15, 0.2) is 48.5 Å². The summed E-state index contributed by atoms with van der Waals surface area (Å²) in [5, 5.41) is 11.0. The van der Waals surface area contributed by atoms with Crippen LogP contribution in [-0.2, 0) is 12.1 Å². The number of rotatable bonds is 7. The maximum Gasteiger partial charge on any atom is 0.123 e. The Kier molecular flexibility index (Phi) is 6.40. The van der Waals surface area contributed by atoms with Crippen molar-refractivity contribution in [3.8, 4) is 11.5 Å². The lowest BCUT2D eigenvalue weighted by molar-refractivity contribution is 0.00748. The molecule has 4 nitrogen and oxygen atoms in total. The third-order valence-electron chi connectivity index (χ3n) is 5.03. The van der Waals surface area contributed by atoms with Crippen molar-refractivity contribution in [2.24, 2.45) is 5.92 Å². The van der Waals surface area contributed by atoms with E-state index in [9.17, 15) is 5.11 Å². The minimum Gasteiger partial charge on any atom is -0.492 e. The van der Waals surface area contributed by atoms with Gasteiger partial charge in [0, 0.05) is 18.7 Å². The Bertz CT molecular complexity index is 728. The van der Waals surface area contributed by atoms with Crippen LogP contribution in [0.3, 0.4) is 0 Å². The average Bonchev–Trinajstić information content (AvgIpc) is 2.87. The highest BCUT2D eigenvalue weighted by Gasteiger charge is 2.26. The summed E-state index contributed by atoms with van der Waals surface area (Å²) in [5.41, 5.74) is 0.917. The predicted octanol–water partition coefficient (Wildman–Crippen LogP) is 4.21. The van der Waals surface area contributed by atoms with E-state index in [4.69, 9.17) is 9.47 Å². The lowest BCUT2D eigenvalue weighted by atomic mass is 9.94. The number of hydrogen-bond donors (Lipinski definition) is 1. The molecule has 1 atom stereocenters. The lowest BCUT2D eigenvalue weighted by Crippen LogP contribution is -2.30. The Morgan fingerprint density at radius 2 is 1.96 bits per heavy atom. The molecule has 0 saturated heterocycles. The van der Waals surface area contributed by atoms with Crippen molar-refractivity contribution >= 4 is 0 Å². The molecule has 146 valence electrons. The summed E-state index contributed by atoms with van der Waals surface area (Å²) in [4.78, 5) is 2.44. The average molecular weight is 370 g/mol. The van der Waals surface area contributed by atoms with Gasteiger partial charge in [-0.15, -0.1) is 0 Å². The summed E-state index contributed by atoms with van der Waals surface area (Å²) in [5.74, 6) is 2.37. The van der Waals surface area contributed by atoms with Gasteiger partial charge in [-0.25, -0.2) is 0 Å². The molecule has 0 spiro atoms. The van der Waals surface area contributed by atoms with E-state index in [0.717, 1.165) is 42.3 Å². The molecular weight excluding hydrogens is 338 g/mol. The van der Waals surface area contributed by atoms with Crippen LogP contribution in [0.1, 0.15) is 38.3 Å². The summed E-state index contributed by atoms with van der Waals surface area (Å²) in [7, 11) is 0. The first-order valence-electron chi connectivity index (χ1n) is 9.83. The number of nitrogens with zero attached hydrogens (tertiary/aromatic N) is 1. The Hall–Kier alpha value is -2.04. The largest absolute Gasteiger partial charge is 0.492 e. The molecule has 2 aromatic carbocycles. The summed E-state index contributed by atoms with van der Waals surface area (Å²) in [6, 6.07) is 15.6. The molecule has 4 heteroatoms. The molecule has 3 rings (SSSR count). The van der Waals surface area contributed by atoms with E-state index in [1.165, 1.54) is 6.42 Å². The Labute approximate surface area is 162 Å². The van der Waals surface area contributed by atoms with E-state index >= 15 is 0 Å². The molecule has 0 bridgehead atoms. The molecule has 0 aromatic heterocycles. The fraction of sp³-hybridized carbons (Fsp3) is 0.478. The molecule has 27 heavy (non-hydrogen) atoms. The topological polar surface area (TPSA) is 41.9 Å². The van der Waals surface area contributed by atoms with E-state index in [-0.39, 0.29) is 6.61 Å². The second kappa shape index (κ2) is 8.77. The van der Waals surface area contributed by atoms with Gasteiger partial charge >= 0.3 is 0 Å². The first-order chi connectivity index (χ1) is 12.9. The van der Waals surface area contributed by atoms with E-state index in [0.29, 0.717) is 12.5 Å². The smallest absolute Gasteiger partial charge is 0.123 e. The summed E-state index contributed by atoms with van der Waals surface area (Å²) < 4.78 is 11.7. The van der Waals surface area contributed by atoms with Gasteiger partial charge < -0.3 is 14.6 Å². The first kappa shape index (κ1) is 19.7. The van der Waals surface area contributed by atoms with E-state index in [1.807, 2.05) is 42.5 Å². The number of para-hydroxylation sites is 1. The second-order valence-corrected chi connectivity index (χ2v) is 8.01. The number of aliphatic hydroxyl groups is 1. The van der Waals surface area contributed by atoms with Gasteiger partial charge in [0.25, 0.3) is 0 Å². The molecule has 0 fully saturated rings. The predicted molar refractivity (Wildman–Crippen MR) is 108 cm³/mol. The van der Waals surface area contributed by atoms with Crippen LogP contribution in [0.5, 0.6) is 11.5 Å². The quantitative estimate of drug-likeness (QED) is 0.794. The molecule has 1 aliphatic heterocycles. The number of fused-ring (bicyclic) bond motifs is 1. The minimum absolute atomic E-state index is 0.202. The van der Waals surface area contributed by atoms with E-state index < -0.39 is 5.60 Å². The zero-order chi connectivity index (χ0) is 19.3. The number of ether oxygens (including phenoxy) is 2. The Morgan fingerprint density at radius 3 is 2.70 bits per heavy atom. The van der Waals surface area contributed by atoms with Gasteiger partial charge in [-0.2, -0.15) is 0 Å². The molecule has 2 aromatic rings. The van der Waals surface area contributed by atoms with Gasteiger partial charge in [0.1, 0.15) is 30.3 Å². The molecule has 1 heterocycles. The minimum atomic E-state index is -1.07. The van der Waals surface area contributed by atoms with Crippen LogP contribution >= 0.6 is 0 Å². The van der Waals surface area contributed by atoms with E-state index in [2.05, 4.69) is 24.8 Å². The summed E-state index contributed by atoms with van der Waals surface area (Å²) in [6.45, 7) is 10.1.